The number of rotatable bonds is 7. The van der Waals surface area contributed by atoms with Gasteiger partial charge in [0.2, 0.25) is 11.9 Å². The van der Waals surface area contributed by atoms with E-state index in [9.17, 15) is 19.7 Å². The monoisotopic (exact) mass is 344 g/mol. The number of amides is 2. The van der Waals surface area contributed by atoms with Crippen LogP contribution in [0.15, 0.2) is 5.10 Å². The SMILES string of the molecule is CCN(CC)C(=O)C(/C(C)=N/NC(=O)OC(C)(C)C)C(C)[N+](=O)[O-]. The minimum absolute atomic E-state index is 0.155. The molecule has 0 aromatic carbocycles. The van der Waals surface area contributed by atoms with Crippen LogP contribution < -0.4 is 5.43 Å². The van der Waals surface area contributed by atoms with Crippen molar-refractivity contribution in [3.8, 4) is 0 Å². The van der Waals surface area contributed by atoms with Crippen molar-refractivity contribution in [2.75, 3.05) is 13.1 Å². The van der Waals surface area contributed by atoms with Crippen molar-refractivity contribution >= 4 is 17.7 Å². The van der Waals surface area contributed by atoms with E-state index in [1.54, 1.807) is 34.6 Å². The second kappa shape index (κ2) is 9.19. The zero-order valence-electron chi connectivity index (χ0n) is 15.5. The normalized spacial score (nSPS) is 14.5. The van der Waals surface area contributed by atoms with Crippen LogP contribution in [0.4, 0.5) is 4.79 Å². The zero-order chi connectivity index (χ0) is 19.1. The second-order valence-corrected chi connectivity index (χ2v) is 6.38. The van der Waals surface area contributed by atoms with E-state index in [2.05, 4.69) is 10.5 Å². The lowest BCUT2D eigenvalue weighted by Crippen LogP contribution is -2.46. The maximum absolute atomic E-state index is 12.6. The number of ether oxygens (including phenoxy) is 1. The summed E-state index contributed by atoms with van der Waals surface area (Å²) in [5, 5.41) is 15.0. The number of hydrazone groups is 1. The van der Waals surface area contributed by atoms with Crippen LogP contribution in [0, 0.1) is 16.0 Å². The highest BCUT2D eigenvalue weighted by Gasteiger charge is 2.38. The van der Waals surface area contributed by atoms with Gasteiger partial charge in [0.05, 0.1) is 5.71 Å². The van der Waals surface area contributed by atoms with E-state index in [-0.39, 0.29) is 5.71 Å². The summed E-state index contributed by atoms with van der Waals surface area (Å²) >= 11 is 0. The summed E-state index contributed by atoms with van der Waals surface area (Å²) in [5.74, 6) is -1.45. The predicted octanol–water partition coefficient (Wildman–Crippen LogP) is 2.04. The molecule has 24 heavy (non-hydrogen) atoms. The molecule has 0 aliphatic carbocycles. The van der Waals surface area contributed by atoms with Crippen LogP contribution >= 0.6 is 0 Å². The van der Waals surface area contributed by atoms with Gasteiger partial charge in [-0.3, -0.25) is 14.9 Å². The van der Waals surface area contributed by atoms with E-state index in [0.717, 1.165) is 0 Å². The fourth-order valence-electron chi connectivity index (χ4n) is 2.09. The Bertz CT molecular complexity index is 495. The molecule has 0 rings (SSSR count). The van der Waals surface area contributed by atoms with E-state index >= 15 is 0 Å². The molecule has 0 saturated heterocycles. The summed E-state index contributed by atoms with van der Waals surface area (Å²) in [5.41, 5.74) is 1.63. The van der Waals surface area contributed by atoms with Gasteiger partial charge in [-0.25, -0.2) is 10.2 Å². The van der Waals surface area contributed by atoms with Gasteiger partial charge in [-0.1, -0.05) is 0 Å². The first-order valence-electron chi connectivity index (χ1n) is 7.90. The van der Waals surface area contributed by atoms with Gasteiger partial charge in [0, 0.05) is 24.9 Å². The molecule has 0 aliphatic rings. The third-order valence-electron chi connectivity index (χ3n) is 3.33. The average Bonchev–Trinajstić information content (AvgIpc) is 2.44. The third-order valence-corrected chi connectivity index (χ3v) is 3.33. The molecule has 0 radical (unpaired) electrons. The largest absolute Gasteiger partial charge is 0.443 e. The number of hydrogen-bond acceptors (Lipinski definition) is 6. The van der Waals surface area contributed by atoms with Gasteiger partial charge in [0.15, 0.2) is 0 Å². The average molecular weight is 344 g/mol. The summed E-state index contributed by atoms with van der Waals surface area (Å²) in [6.07, 6.45) is -0.787. The molecule has 2 atom stereocenters. The van der Waals surface area contributed by atoms with E-state index in [1.165, 1.54) is 18.7 Å². The highest BCUT2D eigenvalue weighted by Crippen LogP contribution is 2.14. The molecule has 0 spiro atoms. The Morgan fingerprint density at radius 1 is 1.29 bits per heavy atom. The summed E-state index contributed by atoms with van der Waals surface area (Å²) in [6, 6.07) is -1.16. The molecular formula is C15H28N4O5. The van der Waals surface area contributed by atoms with Crippen LogP contribution in [-0.2, 0) is 9.53 Å². The lowest BCUT2D eigenvalue weighted by molar-refractivity contribution is -0.521. The molecule has 0 fully saturated rings. The Kier molecular flexibility index (Phi) is 8.35. The first kappa shape index (κ1) is 21.8. The Morgan fingerprint density at radius 3 is 2.17 bits per heavy atom. The molecule has 138 valence electrons. The molecule has 2 unspecified atom stereocenters. The van der Waals surface area contributed by atoms with Crippen molar-refractivity contribution < 1.29 is 19.2 Å². The molecule has 2 amide bonds. The summed E-state index contributed by atoms with van der Waals surface area (Å²) < 4.78 is 5.04. The van der Waals surface area contributed by atoms with E-state index < -0.39 is 34.5 Å². The van der Waals surface area contributed by atoms with Gasteiger partial charge in [0.25, 0.3) is 0 Å². The van der Waals surface area contributed by atoms with Crippen molar-refractivity contribution in [3.63, 3.8) is 0 Å². The van der Waals surface area contributed by atoms with Crippen molar-refractivity contribution in [2.24, 2.45) is 11.0 Å². The van der Waals surface area contributed by atoms with E-state index in [4.69, 9.17) is 4.74 Å². The van der Waals surface area contributed by atoms with Gasteiger partial charge in [-0.2, -0.15) is 5.10 Å². The first-order valence-corrected chi connectivity index (χ1v) is 7.90. The standard InChI is InChI=1S/C15H28N4O5/c1-8-18(9-2)13(20)12(11(4)19(22)23)10(3)16-17-14(21)24-15(5,6)7/h11-12H,8-9H2,1-7H3,(H,17,21)/b16-10+. The molecule has 0 heterocycles. The quantitative estimate of drug-likeness (QED) is 0.431. The van der Waals surface area contributed by atoms with E-state index in [1.807, 2.05) is 0 Å². The van der Waals surface area contributed by atoms with Crippen molar-refractivity contribution in [1.82, 2.24) is 10.3 Å². The van der Waals surface area contributed by atoms with Gasteiger partial charge < -0.3 is 9.64 Å². The van der Waals surface area contributed by atoms with Crippen LogP contribution in [0.5, 0.6) is 0 Å². The van der Waals surface area contributed by atoms with E-state index in [0.29, 0.717) is 13.1 Å². The molecule has 0 saturated carbocycles. The van der Waals surface area contributed by atoms with Gasteiger partial charge in [-0.15, -0.1) is 0 Å². The number of carbonyl (C=O) groups excluding carboxylic acids is 2. The Hall–Kier alpha value is -2.19. The number of nitrogens with zero attached hydrogens (tertiary/aromatic N) is 3. The number of nitro groups is 1. The first-order chi connectivity index (χ1) is 10.9. The van der Waals surface area contributed by atoms with Gasteiger partial charge in [0.1, 0.15) is 11.5 Å². The van der Waals surface area contributed by atoms with Crippen molar-refractivity contribution in [3.05, 3.63) is 10.1 Å². The number of nitrogens with one attached hydrogen (secondary N) is 1. The van der Waals surface area contributed by atoms with Gasteiger partial charge >= 0.3 is 6.09 Å². The number of carbonyl (C=O) groups is 2. The number of hydrogen-bond donors (Lipinski definition) is 1. The highest BCUT2D eigenvalue weighted by molar-refractivity contribution is 6.03. The lowest BCUT2D eigenvalue weighted by Gasteiger charge is -2.25. The third kappa shape index (κ3) is 6.93. The molecular weight excluding hydrogens is 316 g/mol. The molecule has 0 aromatic heterocycles. The van der Waals surface area contributed by atoms with Crippen molar-refractivity contribution in [2.45, 2.75) is 60.1 Å². The van der Waals surface area contributed by atoms with Crippen LogP contribution in [0.1, 0.15) is 48.5 Å². The van der Waals surface area contributed by atoms with Crippen LogP contribution in [0.25, 0.3) is 0 Å². The van der Waals surface area contributed by atoms with Crippen LogP contribution in [0.3, 0.4) is 0 Å². The topological polar surface area (TPSA) is 114 Å². The molecule has 9 nitrogen and oxygen atoms in total. The summed E-state index contributed by atoms with van der Waals surface area (Å²) in [7, 11) is 0. The lowest BCUT2D eigenvalue weighted by atomic mass is 9.95. The molecule has 0 bridgehead atoms. The minimum Gasteiger partial charge on any atom is -0.443 e. The van der Waals surface area contributed by atoms with Crippen LogP contribution in [-0.4, -0.2) is 52.3 Å². The smallest absolute Gasteiger partial charge is 0.428 e. The van der Waals surface area contributed by atoms with Crippen molar-refractivity contribution in [1.29, 1.82) is 0 Å². The van der Waals surface area contributed by atoms with Gasteiger partial charge in [-0.05, 0) is 41.5 Å². The zero-order valence-corrected chi connectivity index (χ0v) is 15.5. The minimum atomic E-state index is -1.16. The fraction of sp³-hybridized carbons (Fsp3) is 0.800. The summed E-state index contributed by atoms with van der Waals surface area (Å²) in [6.45, 7) is 12.4. The molecule has 1 N–H and O–H groups in total. The Morgan fingerprint density at radius 2 is 1.79 bits per heavy atom. The Balaban J connectivity index is 5.34. The second-order valence-electron chi connectivity index (χ2n) is 6.38. The molecule has 9 heteroatoms. The van der Waals surface area contributed by atoms with Crippen LogP contribution in [0.2, 0.25) is 0 Å². The highest BCUT2D eigenvalue weighted by atomic mass is 16.6. The maximum Gasteiger partial charge on any atom is 0.428 e. The molecule has 0 aliphatic heterocycles. The fourth-order valence-corrected chi connectivity index (χ4v) is 2.09. The maximum atomic E-state index is 12.6. The summed E-state index contributed by atoms with van der Waals surface area (Å²) in [4.78, 5) is 36.3. The molecule has 0 aromatic rings. The Labute approximate surface area is 142 Å². The predicted molar refractivity (Wildman–Crippen MR) is 90.4 cm³/mol.